The van der Waals surface area contributed by atoms with Gasteiger partial charge in [-0.25, -0.2) is 0 Å². The molecule has 3 aliphatic heterocycles. The van der Waals surface area contributed by atoms with E-state index in [-0.39, 0.29) is 11.9 Å². The predicted molar refractivity (Wildman–Crippen MR) is 112 cm³/mol. The van der Waals surface area contributed by atoms with Gasteiger partial charge in [0.2, 0.25) is 0 Å². The molecule has 0 bridgehead atoms. The zero-order valence-corrected chi connectivity index (χ0v) is 16.9. The zero-order valence-electron chi connectivity index (χ0n) is 15.4. The van der Waals surface area contributed by atoms with Gasteiger partial charge in [-0.2, -0.15) is 10.1 Å². The third kappa shape index (κ3) is 2.50. The maximum atomic E-state index is 13.8. The van der Waals surface area contributed by atoms with Gasteiger partial charge in [-0.15, -0.1) is 0 Å². The minimum Gasteiger partial charge on any atom is -0.377 e. The molecule has 2 atom stereocenters. The number of carbonyl (C=O) groups excluding carboxylic acids is 1. The topological polar surface area (TPSA) is 45.1 Å². The van der Waals surface area contributed by atoms with Crippen LogP contribution in [-0.2, 0) is 16.0 Å². The van der Waals surface area contributed by atoms with Crippen molar-refractivity contribution in [3.05, 3.63) is 58.1 Å². The molecule has 1 saturated heterocycles. The van der Waals surface area contributed by atoms with E-state index in [0.29, 0.717) is 29.7 Å². The molecule has 0 radical (unpaired) electrons. The molecule has 7 heteroatoms. The third-order valence-electron chi connectivity index (χ3n) is 6.06. The molecule has 5 nitrogen and oxygen atoms in total. The highest BCUT2D eigenvalue weighted by atomic mass is 35.5. The number of carbonyl (C=O) groups is 1. The van der Waals surface area contributed by atoms with Gasteiger partial charge in [-0.1, -0.05) is 29.3 Å². The number of benzene rings is 2. The van der Waals surface area contributed by atoms with Crippen LogP contribution in [0.25, 0.3) is 0 Å². The lowest BCUT2D eigenvalue weighted by Gasteiger charge is -2.50. The normalized spacial score (nSPS) is 26.3. The van der Waals surface area contributed by atoms with Crippen LogP contribution in [0.15, 0.2) is 47.6 Å². The molecule has 144 valence electrons. The Bertz CT molecular complexity index is 992. The van der Waals surface area contributed by atoms with Gasteiger partial charge >= 0.3 is 0 Å². The van der Waals surface area contributed by atoms with Crippen LogP contribution in [0.4, 0.5) is 11.4 Å². The van der Waals surface area contributed by atoms with Crippen LogP contribution in [0.5, 0.6) is 0 Å². The number of fused-ring (bicyclic) bond motifs is 4. The van der Waals surface area contributed by atoms with Crippen LogP contribution in [0, 0.1) is 5.41 Å². The second-order valence-corrected chi connectivity index (χ2v) is 8.36. The maximum Gasteiger partial charge on any atom is 0.261 e. The number of amides is 1. The van der Waals surface area contributed by atoms with Gasteiger partial charge < -0.3 is 9.64 Å². The first-order chi connectivity index (χ1) is 13.5. The average molecular weight is 416 g/mol. The second-order valence-electron chi connectivity index (χ2n) is 7.48. The van der Waals surface area contributed by atoms with E-state index in [9.17, 15) is 4.79 Å². The van der Waals surface area contributed by atoms with Crippen LogP contribution in [0.3, 0.4) is 0 Å². The number of nitrogens with zero attached hydrogens (tertiary/aromatic N) is 3. The van der Waals surface area contributed by atoms with Crippen molar-refractivity contribution in [2.75, 3.05) is 29.7 Å². The van der Waals surface area contributed by atoms with Crippen LogP contribution in [-0.4, -0.2) is 37.4 Å². The van der Waals surface area contributed by atoms with Crippen molar-refractivity contribution in [1.29, 1.82) is 0 Å². The minimum absolute atomic E-state index is 0.0200. The van der Waals surface area contributed by atoms with Crippen molar-refractivity contribution in [3.63, 3.8) is 0 Å². The Morgan fingerprint density at radius 2 is 1.89 bits per heavy atom. The van der Waals surface area contributed by atoms with E-state index in [1.54, 1.807) is 12.1 Å². The van der Waals surface area contributed by atoms with Gasteiger partial charge in [0.05, 0.1) is 30.7 Å². The molecule has 0 saturated carbocycles. The number of anilines is 2. The summed E-state index contributed by atoms with van der Waals surface area (Å²) in [6, 6.07) is 13.0. The second kappa shape index (κ2) is 6.48. The van der Waals surface area contributed by atoms with Gasteiger partial charge in [-0.05, 0) is 55.3 Å². The van der Waals surface area contributed by atoms with E-state index in [2.05, 4.69) is 10.0 Å². The van der Waals surface area contributed by atoms with Gasteiger partial charge in [-0.3, -0.25) is 4.79 Å². The standard InChI is InChI=1S/C21H19Cl2N3O2/c1-13-21(20(27)26(24-13)17-6-4-15(22)5-7-17)11-14-2-3-16(23)10-18(14)25-8-9-28-12-19(21)25/h2-7,10,19H,8-9,11-12H2,1H3. The Balaban J connectivity index is 1.62. The minimum atomic E-state index is -0.749. The van der Waals surface area contributed by atoms with Crippen LogP contribution in [0.2, 0.25) is 10.0 Å². The summed E-state index contributed by atoms with van der Waals surface area (Å²) in [7, 11) is 0. The molecular formula is C21H19Cl2N3O2. The van der Waals surface area contributed by atoms with Crippen LogP contribution < -0.4 is 9.91 Å². The van der Waals surface area contributed by atoms with Crippen LogP contribution >= 0.6 is 23.2 Å². The van der Waals surface area contributed by atoms with E-state index in [0.717, 1.165) is 29.2 Å². The maximum absolute atomic E-state index is 13.8. The summed E-state index contributed by atoms with van der Waals surface area (Å²) in [6.45, 7) is 3.78. The summed E-state index contributed by atoms with van der Waals surface area (Å²) < 4.78 is 5.81. The van der Waals surface area contributed by atoms with E-state index in [1.165, 1.54) is 5.01 Å². The van der Waals surface area contributed by atoms with Crippen molar-refractivity contribution in [3.8, 4) is 0 Å². The SMILES string of the molecule is CC1=NN(c2ccc(Cl)cc2)C(=O)C12Cc1ccc(Cl)cc1N1CCOCC12. The first-order valence-electron chi connectivity index (χ1n) is 9.29. The molecule has 0 aromatic heterocycles. The van der Waals surface area contributed by atoms with E-state index in [4.69, 9.17) is 27.9 Å². The van der Waals surface area contributed by atoms with Crippen molar-refractivity contribution >= 4 is 46.2 Å². The van der Waals surface area contributed by atoms with Gasteiger partial charge in [0.25, 0.3) is 5.91 Å². The van der Waals surface area contributed by atoms with Gasteiger partial charge in [0.1, 0.15) is 5.41 Å². The molecule has 28 heavy (non-hydrogen) atoms. The monoisotopic (exact) mass is 415 g/mol. The third-order valence-corrected chi connectivity index (χ3v) is 6.55. The summed E-state index contributed by atoms with van der Waals surface area (Å²) in [6.07, 6.45) is 0.586. The lowest BCUT2D eigenvalue weighted by atomic mass is 9.68. The molecule has 3 aliphatic rings. The Morgan fingerprint density at radius 3 is 2.68 bits per heavy atom. The first-order valence-corrected chi connectivity index (χ1v) is 10.0. The Kier molecular flexibility index (Phi) is 4.16. The molecule has 0 aliphatic carbocycles. The molecule has 3 heterocycles. The van der Waals surface area contributed by atoms with Crippen molar-refractivity contribution in [2.24, 2.45) is 10.5 Å². The fraction of sp³-hybridized carbons (Fsp3) is 0.333. The number of morpholine rings is 1. The fourth-order valence-corrected chi connectivity index (χ4v) is 4.94. The van der Waals surface area contributed by atoms with Crippen molar-refractivity contribution < 1.29 is 9.53 Å². The molecular weight excluding hydrogens is 397 g/mol. The molecule has 2 aromatic rings. The predicted octanol–water partition coefficient (Wildman–Crippen LogP) is 4.16. The Morgan fingerprint density at radius 1 is 1.14 bits per heavy atom. The number of halogens is 2. The first kappa shape index (κ1) is 18.0. The van der Waals surface area contributed by atoms with Gasteiger partial charge in [0.15, 0.2) is 0 Å². The highest BCUT2D eigenvalue weighted by Crippen LogP contribution is 2.48. The van der Waals surface area contributed by atoms with E-state index in [1.807, 2.05) is 37.3 Å². The number of hydrazone groups is 1. The summed E-state index contributed by atoms with van der Waals surface area (Å²) in [5.41, 5.74) is 2.99. The summed E-state index contributed by atoms with van der Waals surface area (Å²) >= 11 is 12.3. The summed E-state index contributed by atoms with van der Waals surface area (Å²) in [4.78, 5) is 16.1. The Labute approximate surface area is 173 Å². The molecule has 0 N–H and O–H groups in total. The molecule has 1 fully saturated rings. The quantitative estimate of drug-likeness (QED) is 0.701. The molecule has 2 unspecified atom stereocenters. The number of hydrogen-bond acceptors (Lipinski definition) is 4. The number of hydrogen-bond donors (Lipinski definition) is 0. The van der Waals surface area contributed by atoms with Crippen molar-refractivity contribution in [2.45, 2.75) is 19.4 Å². The largest absolute Gasteiger partial charge is 0.377 e. The lowest BCUT2D eigenvalue weighted by Crippen LogP contribution is -2.64. The molecule has 2 aromatic carbocycles. The number of rotatable bonds is 1. The van der Waals surface area contributed by atoms with E-state index < -0.39 is 5.41 Å². The zero-order chi connectivity index (χ0) is 19.5. The average Bonchev–Trinajstić information content (AvgIpc) is 2.95. The summed E-state index contributed by atoms with van der Waals surface area (Å²) in [5, 5.41) is 7.52. The fourth-order valence-electron chi connectivity index (χ4n) is 4.65. The highest BCUT2D eigenvalue weighted by Gasteiger charge is 2.59. The van der Waals surface area contributed by atoms with Crippen molar-refractivity contribution in [1.82, 2.24) is 0 Å². The lowest BCUT2D eigenvalue weighted by molar-refractivity contribution is -0.126. The van der Waals surface area contributed by atoms with E-state index >= 15 is 0 Å². The molecule has 1 spiro atoms. The Hall–Kier alpha value is -2.08. The molecule has 5 rings (SSSR count). The summed E-state index contributed by atoms with van der Waals surface area (Å²) in [5.74, 6) is -0.0200. The van der Waals surface area contributed by atoms with Crippen LogP contribution in [0.1, 0.15) is 12.5 Å². The van der Waals surface area contributed by atoms with Gasteiger partial charge in [0, 0.05) is 22.3 Å². The number of ether oxygens (including phenoxy) is 1. The molecule has 1 amide bonds. The highest BCUT2D eigenvalue weighted by molar-refractivity contribution is 6.31. The smallest absolute Gasteiger partial charge is 0.261 e.